The standard InChI is InChI=1S/C13H21N3/c1-4-12-15-9(2)13(10(3)16-12)11-5-7-14-8-6-11/h11,14H,4-8H2,1-3H3. The Morgan fingerprint density at radius 3 is 2.19 bits per heavy atom. The Morgan fingerprint density at radius 2 is 1.69 bits per heavy atom. The first-order valence-corrected chi connectivity index (χ1v) is 6.27. The second-order valence-electron chi connectivity index (χ2n) is 4.60. The number of nitrogens with one attached hydrogen (secondary N) is 1. The number of aromatic nitrogens is 2. The molecule has 1 fully saturated rings. The number of nitrogens with zero attached hydrogens (tertiary/aromatic N) is 2. The summed E-state index contributed by atoms with van der Waals surface area (Å²) in [6.45, 7) is 8.62. The summed E-state index contributed by atoms with van der Waals surface area (Å²) in [4.78, 5) is 9.19. The molecule has 0 aromatic carbocycles. The fourth-order valence-electron chi connectivity index (χ4n) is 2.65. The normalized spacial score (nSPS) is 17.7. The van der Waals surface area contributed by atoms with Crippen LogP contribution in [-0.2, 0) is 6.42 Å². The average molecular weight is 219 g/mol. The predicted octanol–water partition coefficient (Wildman–Crippen LogP) is 2.12. The van der Waals surface area contributed by atoms with Crippen LogP contribution in [0.5, 0.6) is 0 Å². The summed E-state index contributed by atoms with van der Waals surface area (Å²) in [7, 11) is 0. The van der Waals surface area contributed by atoms with Gasteiger partial charge in [0.05, 0.1) is 0 Å². The molecule has 0 aliphatic carbocycles. The maximum absolute atomic E-state index is 4.60. The van der Waals surface area contributed by atoms with E-state index in [0.29, 0.717) is 5.92 Å². The van der Waals surface area contributed by atoms with E-state index in [0.717, 1.165) is 25.3 Å². The van der Waals surface area contributed by atoms with Crippen molar-refractivity contribution in [3.05, 3.63) is 22.8 Å². The van der Waals surface area contributed by atoms with E-state index >= 15 is 0 Å². The summed E-state index contributed by atoms with van der Waals surface area (Å²) in [5.74, 6) is 1.64. The molecule has 1 aromatic rings. The van der Waals surface area contributed by atoms with Crippen LogP contribution in [0.1, 0.15) is 48.5 Å². The Balaban J connectivity index is 2.32. The van der Waals surface area contributed by atoms with Gasteiger partial charge in [0.25, 0.3) is 0 Å². The van der Waals surface area contributed by atoms with Crippen molar-refractivity contribution in [3.8, 4) is 0 Å². The summed E-state index contributed by atoms with van der Waals surface area (Å²) in [6, 6.07) is 0. The molecule has 2 heterocycles. The molecule has 1 aromatic heterocycles. The van der Waals surface area contributed by atoms with Gasteiger partial charge in [-0.05, 0) is 51.3 Å². The van der Waals surface area contributed by atoms with Crippen LogP contribution in [0.25, 0.3) is 0 Å². The van der Waals surface area contributed by atoms with Crippen LogP contribution in [0.4, 0.5) is 0 Å². The average Bonchev–Trinajstić information content (AvgIpc) is 2.29. The van der Waals surface area contributed by atoms with E-state index < -0.39 is 0 Å². The van der Waals surface area contributed by atoms with Crippen LogP contribution in [0.15, 0.2) is 0 Å². The summed E-state index contributed by atoms with van der Waals surface area (Å²) in [5, 5.41) is 3.41. The molecule has 0 atom stereocenters. The Morgan fingerprint density at radius 1 is 1.12 bits per heavy atom. The van der Waals surface area contributed by atoms with E-state index in [9.17, 15) is 0 Å². The first kappa shape index (κ1) is 11.5. The molecule has 2 rings (SSSR count). The van der Waals surface area contributed by atoms with Crippen LogP contribution in [0.3, 0.4) is 0 Å². The molecule has 1 aliphatic rings. The minimum atomic E-state index is 0.659. The molecule has 3 heteroatoms. The van der Waals surface area contributed by atoms with Crippen LogP contribution >= 0.6 is 0 Å². The molecule has 3 nitrogen and oxygen atoms in total. The van der Waals surface area contributed by atoms with E-state index in [1.165, 1.54) is 29.8 Å². The minimum absolute atomic E-state index is 0.659. The third-order valence-electron chi connectivity index (χ3n) is 3.44. The lowest BCUT2D eigenvalue weighted by atomic mass is 9.88. The van der Waals surface area contributed by atoms with Gasteiger partial charge in [0.2, 0.25) is 0 Å². The van der Waals surface area contributed by atoms with Crippen LogP contribution < -0.4 is 5.32 Å². The van der Waals surface area contributed by atoms with E-state index in [1.54, 1.807) is 0 Å². The molecule has 88 valence electrons. The maximum Gasteiger partial charge on any atom is 0.128 e. The third kappa shape index (κ3) is 2.24. The zero-order chi connectivity index (χ0) is 11.5. The van der Waals surface area contributed by atoms with Crippen molar-refractivity contribution in [2.24, 2.45) is 0 Å². The molecule has 0 spiro atoms. The Labute approximate surface area is 97.7 Å². The van der Waals surface area contributed by atoms with Crippen molar-refractivity contribution in [2.45, 2.75) is 46.0 Å². The summed E-state index contributed by atoms with van der Waals surface area (Å²) < 4.78 is 0. The summed E-state index contributed by atoms with van der Waals surface area (Å²) in [5.41, 5.74) is 3.78. The van der Waals surface area contributed by atoms with Crippen LogP contribution in [0, 0.1) is 13.8 Å². The first-order valence-electron chi connectivity index (χ1n) is 6.27. The highest BCUT2D eigenvalue weighted by Crippen LogP contribution is 2.29. The van der Waals surface area contributed by atoms with E-state index in [1.807, 2.05) is 0 Å². The smallest absolute Gasteiger partial charge is 0.128 e. The van der Waals surface area contributed by atoms with Crippen LogP contribution in [-0.4, -0.2) is 23.1 Å². The van der Waals surface area contributed by atoms with Crippen molar-refractivity contribution >= 4 is 0 Å². The van der Waals surface area contributed by atoms with Crippen molar-refractivity contribution in [2.75, 3.05) is 13.1 Å². The first-order chi connectivity index (χ1) is 7.72. The van der Waals surface area contributed by atoms with Gasteiger partial charge in [0.15, 0.2) is 0 Å². The highest BCUT2D eigenvalue weighted by atomic mass is 14.9. The molecule has 16 heavy (non-hydrogen) atoms. The lowest BCUT2D eigenvalue weighted by molar-refractivity contribution is 0.455. The molecule has 0 amide bonds. The summed E-state index contributed by atoms with van der Waals surface area (Å²) in [6.07, 6.45) is 3.36. The number of aryl methyl sites for hydroxylation is 3. The number of hydrogen-bond acceptors (Lipinski definition) is 3. The molecular formula is C13H21N3. The Kier molecular flexibility index (Phi) is 3.54. The highest BCUT2D eigenvalue weighted by Gasteiger charge is 2.20. The lowest BCUT2D eigenvalue weighted by Gasteiger charge is -2.25. The number of hydrogen-bond donors (Lipinski definition) is 1. The SMILES string of the molecule is CCc1nc(C)c(C2CCNCC2)c(C)n1. The lowest BCUT2D eigenvalue weighted by Crippen LogP contribution is -2.27. The highest BCUT2D eigenvalue weighted by molar-refractivity contribution is 5.29. The quantitative estimate of drug-likeness (QED) is 0.828. The summed E-state index contributed by atoms with van der Waals surface area (Å²) >= 11 is 0. The van der Waals surface area contributed by atoms with Gasteiger partial charge in [0.1, 0.15) is 5.82 Å². The monoisotopic (exact) mass is 219 g/mol. The second-order valence-corrected chi connectivity index (χ2v) is 4.60. The number of piperidine rings is 1. The molecule has 1 N–H and O–H groups in total. The second kappa shape index (κ2) is 4.91. The Hall–Kier alpha value is -0.960. The molecule has 0 saturated carbocycles. The molecule has 0 unspecified atom stereocenters. The molecule has 1 aliphatic heterocycles. The van der Waals surface area contributed by atoms with E-state index in [4.69, 9.17) is 0 Å². The zero-order valence-electron chi connectivity index (χ0n) is 10.5. The van der Waals surface area contributed by atoms with E-state index in [-0.39, 0.29) is 0 Å². The third-order valence-corrected chi connectivity index (χ3v) is 3.44. The van der Waals surface area contributed by atoms with Gasteiger partial charge >= 0.3 is 0 Å². The molecule has 1 saturated heterocycles. The maximum atomic E-state index is 4.60. The van der Waals surface area contributed by atoms with Gasteiger partial charge in [-0.15, -0.1) is 0 Å². The number of rotatable bonds is 2. The van der Waals surface area contributed by atoms with Gasteiger partial charge < -0.3 is 5.32 Å². The van der Waals surface area contributed by atoms with Crippen LogP contribution in [0.2, 0.25) is 0 Å². The van der Waals surface area contributed by atoms with Crippen molar-refractivity contribution in [3.63, 3.8) is 0 Å². The van der Waals surface area contributed by atoms with Gasteiger partial charge in [-0.1, -0.05) is 6.92 Å². The topological polar surface area (TPSA) is 37.8 Å². The predicted molar refractivity (Wildman–Crippen MR) is 65.7 cm³/mol. The van der Waals surface area contributed by atoms with E-state index in [2.05, 4.69) is 36.1 Å². The zero-order valence-corrected chi connectivity index (χ0v) is 10.5. The van der Waals surface area contributed by atoms with Crippen molar-refractivity contribution in [1.29, 1.82) is 0 Å². The fourth-order valence-corrected chi connectivity index (χ4v) is 2.65. The van der Waals surface area contributed by atoms with Gasteiger partial charge in [-0.3, -0.25) is 0 Å². The molecule has 0 radical (unpaired) electrons. The molecular weight excluding hydrogens is 198 g/mol. The fraction of sp³-hybridized carbons (Fsp3) is 0.692. The minimum Gasteiger partial charge on any atom is -0.317 e. The molecule has 0 bridgehead atoms. The van der Waals surface area contributed by atoms with Gasteiger partial charge in [-0.2, -0.15) is 0 Å². The van der Waals surface area contributed by atoms with Crippen molar-refractivity contribution in [1.82, 2.24) is 15.3 Å². The largest absolute Gasteiger partial charge is 0.317 e. The van der Waals surface area contributed by atoms with Gasteiger partial charge in [0, 0.05) is 17.8 Å². The Bertz CT molecular complexity index is 344. The van der Waals surface area contributed by atoms with Gasteiger partial charge in [-0.25, -0.2) is 9.97 Å². The van der Waals surface area contributed by atoms with Crippen molar-refractivity contribution < 1.29 is 0 Å².